The molecule has 0 amide bonds. The largest absolute Gasteiger partial charge is 0.481 e. The number of likely N-dealkylation sites (N-methyl/N-ethyl adjacent to an activating group) is 1. The van der Waals surface area contributed by atoms with Crippen LogP contribution in [0.3, 0.4) is 0 Å². The van der Waals surface area contributed by atoms with E-state index in [1.165, 1.54) is 5.56 Å². The average Bonchev–Trinajstić information content (AvgIpc) is 2.37. The highest BCUT2D eigenvalue weighted by molar-refractivity contribution is 9.10. The van der Waals surface area contributed by atoms with Crippen LogP contribution in [-0.2, 0) is 4.79 Å². The molecule has 0 saturated carbocycles. The fourth-order valence-corrected chi connectivity index (χ4v) is 3.39. The maximum Gasteiger partial charge on any atom is 0.305 e. The quantitative estimate of drug-likeness (QED) is 0.914. The van der Waals surface area contributed by atoms with Gasteiger partial charge in [0.05, 0.1) is 6.42 Å². The van der Waals surface area contributed by atoms with Crippen LogP contribution in [0.1, 0.15) is 23.6 Å². The van der Waals surface area contributed by atoms with E-state index in [1.807, 2.05) is 19.1 Å². The molecule has 2 rings (SSSR count). The first-order valence-corrected chi connectivity index (χ1v) is 7.67. The van der Waals surface area contributed by atoms with Crippen molar-refractivity contribution in [3.8, 4) is 0 Å². The summed E-state index contributed by atoms with van der Waals surface area (Å²) in [6.07, 6.45) is 0.144. The first-order chi connectivity index (χ1) is 9.47. The Hall–Kier alpha value is -0.910. The van der Waals surface area contributed by atoms with Crippen molar-refractivity contribution in [2.24, 2.45) is 0 Å². The lowest BCUT2D eigenvalue weighted by molar-refractivity contribution is -0.138. The zero-order chi connectivity index (χ0) is 14.7. The van der Waals surface area contributed by atoms with Crippen molar-refractivity contribution in [3.63, 3.8) is 0 Å². The van der Waals surface area contributed by atoms with Gasteiger partial charge in [-0.1, -0.05) is 28.1 Å². The van der Waals surface area contributed by atoms with E-state index in [0.29, 0.717) is 0 Å². The van der Waals surface area contributed by atoms with E-state index in [-0.39, 0.29) is 12.5 Å². The third-order valence-corrected chi connectivity index (χ3v) is 4.55. The first kappa shape index (κ1) is 15.5. The van der Waals surface area contributed by atoms with Crippen molar-refractivity contribution in [1.29, 1.82) is 0 Å². The van der Waals surface area contributed by atoms with Gasteiger partial charge in [-0.25, -0.2) is 0 Å². The molecule has 1 fully saturated rings. The molecule has 1 aliphatic rings. The van der Waals surface area contributed by atoms with Gasteiger partial charge in [0.15, 0.2) is 0 Å². The molecule has 1 saturated heterocycles. The van der Waals surface area contributed by atoms with Crippen LogP contribution in [-0.4, -0.2) is 54.1 Å². The number of nitrogens with zero attached hydrogens (tertiary/aromatic N) is 2. The molecule has 4 nitrogen and oxygen atoms in total. The molecule has 1 aliphatic heterocycles. The highest BCUT2D eigenvalue weighted by Gasteiger charge is 2.27. The number of carbonyl (C=O) groups is 1. The number of piperazine rings is 1. The smallest absolute Gasteiger partial charge is 0.305 e. The number of aliphatic carboxylic acids is 1. The summed E-state index contributed by atoms with van der Waals surface area (Å²) in [6.45, 7) is 5.83. The molecule has 110 valence electrons. The number of rotatable bonds is 4. The predicted octanol–water partition coefficient (Wildman–Crippen LogP) is 2.52. The Bertz CT molecular complexity index is 485. The number of benzene rings is 1. The Morgan fingerprint density at radius 3 is 2.55 bits per heavy atom. The number of halogens is 1. The van der Waals surface area contributed by atoms with E-state index >= 15 is 0 Å². The molecule has 1 aromatic rings. The zero-order valence-electron chi connectivity index (χ0n) is 12.0. The van der Waals surface area contributed by atoms with Gasteiger partial charge in [0.2, 0.25) is 0 Å². The van der Waals surface area contributed by atoms with Crippen LogP contribution in [0.25, 0.3) is 0 Å². The van der Waals surface area contributed by atoms with Crippen LogP contribution in [0.15, 0.2) is 22.7 Å². The van der Waals surface area contributed by atoms with Gasteiger partial charge >= 0.3 is 5.97 Å². The van der Waals surface area contributed by atoms with E-state index in [1.54, 1.807) is 0 Å². The monoisotopic (exact) mass is 340 g/mol. The van der Waals surface area contributed by atoms with Crippen molar-refractivity contribution in [2.75, 3.05) is 33.2 Å². The molecule has 0 spiro atoms. The molecule has 1 unspecified atom stereocenters. The molecule has 0 aromatic heterocycles. The Balaban J connectivity index is 2.24. The molecule has 0 bridgehead atoms. The number of carboxylic acids is 1. The molecule has 20 heavy (non-hydrogen) atoms. The third kappa shape index (κ3) is 3.81. The van der Waals surface area contributed by atoms with Crippen LogP contribution in [0.2, 0.25) is 0 Å². The van der Waals surface area contributed by atoms with Gasteiger partial charge in [-0.3, -0.25) is 9.69 Å². The van der Waals surface area contributed by atoms with Crippen LogP contribution >= 0.6 is 15.9 Å². The second-order valence-corrected chi connectivity index (χ2v) is 6.33. The van der Waals surface area contributed by atoms with E-state index < -0.39 is 5.97 Å². The van der Waals surface area contributed by atoms with Gasteiger partial charge in [-0.05, 0) is 31.2 Å². The summed E-state index contributed by atoms with van der Waals surface area (Å²) in [7, 11) is 2.10. The van der Waals surface area contributed by atoms with Crippen LogP contribution < -0.4 is 0 Å². The summed E-state index contributed by atoms with van der Waals surface area (Å²) in [5, 5.41) is 9.22. The third-order valence-electron chi connectivity index (χ3n) is 3.86. The van der Waals surface area contributed by atoms with E-state index in [4.69, 9.17) is 0 Å². The normalized spacial score (nSPS) is 18.9. The number of hydrogen-bond donors (Lipinski definition) is 1. The summed E-state index contributed by atoms with van der Waals surface area (Å²) in [5.41, 5.74) is 2.25. The number of aryl methyl sites for hydroxylation is 1. The van der Waals surface area contributed by atoms with E-state index in [0.717, 1.165) is 36.2 Å². The van der Waals surface area contributed by atoms with Crippen molar-refractivity contribution in [1.82, 2.24) is 9.80 Å². The van der Waals surface area contributed by atoms with Gasteiger partial charge in [0.25, 0.3) is 0 Å². The fraction of sp³-hybridized carbons (Fsp3) is 0.533. The summed E-state index contributed by atoms with van der Waals surface area (Å²) in [4.78, 5) is 15.8. The lowest BCUT2D eigenvalue weighted by Crippen LogP contribution is -2.46. The molecular formula is C15H21BrN2O2. The molecule has 1 heterocycles. The lowest BCUT2D eigenvalue weighted by atomic mass is 10.00. The first-order valence-electron chi connectivity index (χ1n) is 6.88. The summed E-state index contributed by atoms with van der Waals surface area (Å²) < 4.78 is 1.00. The Labute approximate surface area is 128 Å². The molecule has 0 aliphatic carbocycles. The standard InChI is InChI=1S/C15H21BrN2O2/c1-11-3-4-12(13(16)9-11)14(10-15(19)20)18-7-5-17(2)6-8-18/h3-4,9,14H,5-8,10H2,1-2H3,(H,19,20). The van der Waals surface area contributed by atoms with Crippen molar-refractivity contribution < 1.29 is 9.90 Å². The maximum atomic E-state index is 11.2. The van der Waals surface area contributed by atoms with Crippen LogP contribution in [0, 0.1) is 6.92 Å². The molecular weight excluding hydrogens is 320 g/mol. The Kier molecular flexibility index (Phi) is 5.18. The molecule has 1 atom stereocenters. The second-order valence-electron chi connectivity index (χ2n) is 5.48. The zero-order valence-corrected chi connectivity index (χ0v) is 13.6. The minimum atomic E-state index is -0.749. The predicted molar refractivity (Wildman–Crippen MR) is 82.9 cm³/mol. The maximum absolute atomic E-state index is 11.2. The average molecular weight is 341 g/mol. The van der Waals surface area contributed by atoms with Gasteiger partial charge in [-0.2, -0.15) is 0 Å². The highest BCUT2D eigenvalue weighted by atomic mass is 79.9. The van der Waals surface area contributed by atoms with Gasteiger partial charge in [0, 0.05) is 36.7 Å². The highest BCUT2D eigenvalue weighted by Crippen LogP contribution is 2.31. The topological polar surface area (TPSA) is 43.8 Å². The van der Waals surface area contributed by atoms with E-state index in [9.17, 15) is 9.90 Å². The van der Waals surface area contributed by atoms with Crippen molar-refractivity contribution >= 4 is 21.9 Å². The lowest BCUT2D eigenvalue weighted by Gasteiger charge is -2.38. The summed E-state index contributed by atoms with van der Waals surface area (Å²) in [5.74, 6) is -0.749. The van der Waals surface area contributed by atoms with Gasteiger partial charge < -0.3 is 10.0 Å². The van der Waals surface area contributed by atoms with Crippen LogP contribution in [0.5, 0.6) is 0 Å². The molecule has 5 heteroatoms. The van der Waals surface area contributed by atoms with E-state index in [2.05, 4.69) is 38.8 Å². The Morgan fingerprint density at radius 1 is 1.35 bits per heavy atom. The van der Waals surface area contributed by atoms with Crippen molar-refractivity contribution in [2.45, 2.75) is 19.4 Å². The molecule has 1 aromatic carbocycles. The van der Waals surface area contributed by atoms with Crippen molar-refractivity contribution in [3.05, 3.63) is 33.8 Å². The summed E-state index contributed by atoms with van der Waals surface area (Å²) in [6, 6.07) is 6.09. The second kappa shape index (κ2) is 6.70. The minimum Gasteiger partial charge on any atom is -0.481 e. The fourth-order valence-electron chi connectivity index (χ4n) is 2.64. The van der Waals surface area contributed by atoms with Crippen LogP contribution in [0.4, 0.5) is 0 Å². The minimum absolute atomic E-state index is 0.0591. The number of hydrogen-bond acceptors (Lipinski definition) is 3. The Morgan fingerprint density at radius 2 is 2.00 bits per heavy atom. The number of carboxylic acid groups (broad SMARTS) is 1. The molecule has 1 N–H and O–H groups in total. The van der Waals surface area contributed by atoms with Gasteiger partial charge in [0.1, 0.15) is 0 Å². The molecule has 0 radical (unpaired) electrons. The SMILES string of the molecule is Cc1ccc(C(CC(=O)O)N2CCN(C)CC2)c(Br)c1. The summed E-state index contributed by atoms with van der Waals surface area (Å²) >= 11 is 3.59. The van der Waals surface area contributed by atoms with Gasteiger partial charge in [-0.15, -0.1) is 0 Å².